The van der Waals surface area contributed by atoms with Gasteiger partial charge in [0.1, 0.15) is 0 Å². The van der Waals surface area contributed by atoms with Gasteiger partial charge >= 0.3 is 0 Å². The van der Waals surface area contributed by atoms with Crippen LogP contribution in [0.4, 0.5) is 0 Å². The van der Waals surface area contributed by atoms with Crippen molar-refractivity contribution in [1.29, 1.82) is 0 Å². The minimum Gasteiger partial charge on any atom is -0.511 e. The van der Waals surface area contributed by atoms with Gasteiger partial charge in [0.25, 0.3) is 23.0 Å². The van der Waals surface area contributed by atoms with E-state index in [0.29, 0.717) is 0 Å². The van der Waals surface area contributed by atoms with E-state index < -0.39 is 10.4 Å². The Kier molecular flexibility index (Phi) is 3.85. The summed E-state index contributed by atoms with van der Waals surface area (Å²) in [6.07, 6.45) is 0. The van der Waals surface area contributed by atoms with Crippen molar-refractivity contribution in [3.05, 3.63) is 0 Å². The number of hydrogen-bond acceptors (Lipinski definition) is 2. The highest BCUT2D eigenvalue weighted by Gasteiger charge is 2.37. The Morgan fingerprint density at radius 3 is 2.09 bits per heavy atom. The van der Waals surface area contributed by atoms with E-state index >= 15 is 0 Å². The lowest BCUT2D eigenvalue weighted by Gasteiger charge is -2.39. The highest BCUT2D eigenvalue weighted by molar-refractivity contribution is 6.69. The van der Waals surface area contributed by atoms with Gasteiger partial charge in [-0.3, -0.25) is 0 Å². The molecular weight excluding hydrogens is 134 g/mol. The third kappa shape index (κ3) is 2.64. The Morgan fingerprint density at radius 2 is 1.82 bits per heavy atom. The van der Waals surface area contributed by atoms with Crippen molar-refractivity contribution >= 4 is 38.7 Å². The summed E-state index contributed by atoms with van der Waals surface area (Å²) in [6.45, 7) is 3.31. The van der Waals surface area contributed by atoms with Crippen LogP contribution in [-0.4, -0.2) is 43.7 Å². The number of hydrogen-bond donors (Lipinski definition) is 1. The zero-order chi connectivity index (χ0) is 9.12. The lowest BCUT2D eigenvalue weighted by molar-refractivity contribution is 0.509. The van der Waals surface area contributed by atoms with Gasteiger partial charge < -0.3 is 9.60 Å². The summed E-state index contributed by atoms with van der Waals surface area (Å²) >= 11 is 0. The SMILES string of the molecule is [B]O[B]C([B])([B])C(C)(C)[B]O. The summed E-state index contributed by atoms with van der Waals surface area (Å²) in [4.78, 5) is 0. The summed E-state index contributed by atoms with van der Waals surface area (Å²) in [5.74, 6) is 0. The Hall–Kier alpha value is 0.245. The average Bonchev–Trinajstić information content (AvgIpc) is 1.87. The van der Waals surface area contributed by atoms with Gasteiger partial charge in [0.15, 0.2) is 0 Å². The van der Waals surface area contributed by atoms with Crippen LogP contribution in [0.5, 0.6) is 0 Å². The fourth-order valence-electron chi connectivity index (χ4n) is 0.376. The van der Waals surface area contributed by atoms with Gasteiger partial charge in [0.05, 0.1) is 15.7 Å². The van der Waals surface area contributed by atoms with Crippen LogP contribution < -0.4 is 0 Å². The van der Waals surface area contributed by atoms with Gasteiger partial charge in [-0.25, -0.2) is 0 Å². The van der Waals surface area contributed by atoms with Crippen molar-refractivity contribution in [3.63, 3.8) is 0 Å². The minimum atomic E-state index is -1.28. The van der Waals surface area contributed by atoms with Crippen molar-refractivity contribution in [2.75, 3.05) is 0 Å². The summed E-state index contributed by atoms with van der Waals surface area (Å²) in [7, 11) is 17.8. The third-order valence-corrected chi connectivity index (χ3v) is 1.70. The molecule has 2 nitrogen and oxygen atoms in total. The lowest BCUT2D eigenvalue weighted by Crippen LogP contribution is -2.37. The maximum Gasteiger partial charge on any atom is 0.291 e. The Bertz CT molecular complexity index is 126. The van der Waals surface area contributed by atoms with Crippen molar-refractivity contribution in [3.8, 4) is 0 Å². The molecule has 0 aliphatic heterocycles. The molecule has 0 unspecified atom stereocenters. The molecule has 50 valence electrons. The molecule has 0 aromatic heterocycles. The van der Waals surface area contributed by atoms with Gasteiger partial charge in [0, 0.05) is 0 Å². The Balaban J connectivity index is 4.26. The zero-order valence-corrected chi connectivity index (χ0v) is 6.74. The van der Waals surface area contributed by atoms with E-state index in [0.717, 1.165) is 15.0 Å². The highest BCUT2D eigenvalue weighted by Crippen LogP contribution is 2.43. The van der Waals surface area contributed by atoms with Crippen molar-refractivity contribution in [2.24, 2.45) is 0 Å². The molecule has 11 heavy (non-hydrogen) atoms. The molecule has 0 saturated heterocycles. The quantitative estimate of drug-likeness (QED) is 0.505. The predicted octanol–water partition coefficient (Wildman–Crippen LogP) is -1.07. The van der Waals surface area contributed by atoms with E-state index in [-0.39, 0.29) is 0 Å². The molecular formula is C4H7B5O2. The highest BCUT2D eigenvalue weighted by atomic mass is 16.4. The van der Waals surface area contributed by atoms with Gasteiger partial charge in [-0.15, -0.1) is 0 Å². The average molecular weight is 141 g/mol. The van der Waals surface area contributed by atoms with Crippen LogP contribution >= 0.6 is 0 Å². The monoisotopic (exact) mass is 142 g/mol. The first-order valence-corrected chi connectivity index (χ1v) is 3.13. The van der Waals surface area contributed by atoms with Crippen molar-refractivity contribution < 1.29 is 9.60 Å². The molecule has 0 heterocycles. The van der Waals surface area contributed by atoms with Crippen LogP contribution in [0.15, 0.2) is 0 Å². The van der Waals surface area contributed by atoms with E-state index in [1.807, 2.05) is 0 Å². The second-order valence-corrected chi connectivity index (χ2v) is 3.04. The van der Waals surface area contributed by atoms with E-state index in [4.69, 9.17) is 28.8 Å². The Morgan fingerprint density at radius 1 is 1.36 bits per heavy atom. The lowest BCUT2D eigenvalue weighted by atomic mass is 9.26. The molecule has 0 aliphatic rings. The standard InChI is InChI=1S/C4H7B5O2/c1-3(2,8-10)4(5,6)9-11-7/h10H,1-2H3. The minimum absolute atomic E-state index is 0.785. The molecule has 8 radical (unpaired) electrons. The van der Waals surface area contributed by atoms with Gasteiger partial charge in [-0.2, -0.15) is 0 Å². The third-order valence-electron chi connectivity index (χ3n) is 1.70. The van der Waals surface area contributed by atoms with Gasteiger partial charge in [-0.1, -0.05) is 19.0 Å². The molecule has 7 heteroatoms. The molecule has 0 spiro atoms. The molecule has 0 aromatic carbocycles. The first-order valence-electron chi connectivity index (χ1n) is 3.13. The summed E-state index contributed by atoms with van der Waals surface area (Å²) in [5.41, 5.74) is 0. The summed E-state index contributed by atoms with van der Waals surface area (Å²) in [6, 6.07) is 0. The zero-order valence-electron chi connectivity index (χ0n) is 6.74. The predicted molar refractivity (Wildman–Crippen MR) is 48.8 cm³/mol. The van der Waals surface area contributed by atoms with Crippen LogP contribution in [0.1, 0.15) is 13.8 Å². The van der Waals surface area contributed by atoms with Crippen molar-refractivity contribution in [2.45, 2.75) is 24.3 Å². The van der Waals surface area contributed by atoms with Crippen LogP contribution in [0.2, 0.25) is 10.4 Å². The molecule has 1 N–H and O–H groups in total. The largest absolute Gasteiger partial charge is 0.511 e. The molecule has 0 amide bonds. The smallest absolute Gasteiger partial charge is 0.291 e. The maximum absolute atomic E-state index is 8.75. The molecule has 0 rings (SSSR count). The fourth-order valence-corrected chi connectivity index (χ4v) is 0.376. The van der Waals surface area contributed by atoms with Crippen LogP contribution in [0.25, 0.3) is 0 Å². The van der Waals surface area contributed by atoms with Crippen LogP contribution in [-0.2, 0) is 4.57 Å². The maximum atomic E-state index is 8.75. The molecule has 0 fully saturated rings. The second-order valence-electron chi connectivity index (χ2n) is 3.04. The molecule has 0 atom stereocenters. The van der Waals surface area contributed by atoms with E-state index in [9.17, 15) is 0 Å². The first kappa shape index (κ1) is 11.2. The van der Waals surface area contributed by atoms with E-state index in [1.165, 1.54) is 0 Å². The summed E-state index contributed by atoms with van der Waals surface area (Å²) < 4.78 is 4.19. The van der Waals surface area contributed by atoms with Crippen LogP contribution in [0.3, 0.4) is 0 Å². The molecule has 0 aromatic rings. The van der Waals surface area contributed by atoms with E-state index in [2.05, 4.69) is 4.57 Å². The van der Waals surface area contributed by atoms with Gasteiger partial charge in [-0.05, 0) is 5.31 Å². The van der Waals surface area contributed by atoms with Gasteiger partial charge in [0.2, 0.25) is 0 Å². The fraction of sp³-hybridized carbons (Fsp3) is 1.00. The number of rotatable bonds is 4. The first-order chi connectivity index (χ1) is 4.87. The molecule has 0 aliphatic carbocycles. The molecule has 0 saturated carbocycles. The summed E-state index contributed by atoms with van der Waals surface area (Å²) in [5, 5.41) is 6.69. The van der Waals surface area contributed by atoms with E-state index in [1.54, 1.807) is 13.8 Å². The second kappa shape index (κ2) is 3.77. The topological polar surface area (TPSA) is 29.5 Å². The normalized spacial score (nSPS) is 12.6. The Labute approximate surface area is 73.3 Å². The molecule has 0 bridgehead atoms. The van der Waals surface area contributed by atoms with Crippen molar-refractivity contribution in [1.82, 2.24) is 0 Å². The van der Waals surface area contributed by atoms with Crippen LogP contribution in [0, 0.1) is 0 Å².